The van der Waals surface area contributed by atoms with Gasteiger partial charge in [0, 0.05) is 25.7 Å². The average molecular weight is 503 g/mol. The fourth-order valence-electron chi connectivity index (χ4n) is 4.02. The first-order chi connectivity index (χ1) is 17.0. The van der Waals surface area contributed by atoms with Gasteiger partial charge in [0.1, 0.15) is 11.6 Å². The molecule has 10 heteroatoms. The van der Waals surface area contributed by atoms with Crippen LogP contribution in [0.15, 0.2) is 60.7 Å². The van der Waals surface area contributed by atoms with Crippen LogP contribution in [0.2, 0.25) is 0 Å². The van der Waals surface area contributed by atoms with Crippen molar-refractivity contribution in [1.29, 1.82) is 0 Å². The Balaban J connectivity index is 1.55. The summed E-state index contributed by atoms with van der Waals surface area (Å²) in [6, 6.07) is 11.9. The monoisotopic (exact) mass is 503 g/mol. The average Bonchev–Trinajstić information content (AvgIpc) is 2.80. The molecular formula is C26H22F5N3O2. The summed E-state index contributed by atoms with van der Waals surface area (Å²) in [4.78, 5) is 29.0. The van der Waals surface area contributed by atoms with Crippen molar-refractivity contribution < 1.29 is 31.5 Å². The molecular weight excluding hydrogens is 481 g/mol. The minimum absolute atomic E-state index is 0.113. The molecule has 0 unspecified atom stereocenters. The number of amides is 3. The smallest absolute Gasteiger partial charge is 0.320 e. The molecule has 0 bridgehead atoms. The lowest BCUT2D eigenvalue weighted by atomic mass is 10.1. The Labute approximate surface area is 204 Å². The summed E-state index contributed by atoms with van der Waals surface area (Å²) in [5, 5.41) is 2.61. The minimum atomic E-state index is -4.45. The molecule has 5 nitrogen and oxygen atoms in total. The lowest BCUT2D eigenvalue weighted by molar-refractivity contribution is -0.137. The van der Waals surface area contributed by atoms with E-state index in [2.05, 4.69) is 5.32 Å². The number of carbonyl (C=O) groups excluding carboxylic acids is 2. The molecule has 1 N–H and O–H groups in total. The van der Waals surface area contributed by atoms with E-state index in [0.717, 1.165) is 29.8 Å². The van der Waals surface area contributed by atoms with Crippen LogP contribution in [-0.4, -0.2) is 29.9 Å². The molecule has 3 amide bonds. The molecule has 188 valence electrons. The predicted molar refractivity (Wildman–Crippen MR) is 125 cm³/mol. The zero-order chi connectivity index (χ0) is 26.0. The molecule has 0 atom stereocenters. The number of hydrogen-bond acceptors (Lipinski definition) is 2. The molecule has 1 heterocycles. The maximum Gasteiger partial charge on any atom is 0.416 e. The summed E-state index contributed by atoms with van der Waals surface area (Å²) in [6.07, 6.45) is -3.86. The molecule has 1 saturated heterocycles. The Kier molecular flexibility index (Phi) is 6.96. The van der Waals surface area contributed by atoms with Crippen LogP contribution in [-0.2, 0) is 12.7 Å². The van der Waals surface area contributed by atoms with Gasteiger partial charge in [-0.15, -0.1) is 0 Å². The highest BCUT2D eigenvalue weighted by Gasteiger charge is 2.31. The second kappa shape index (κ2) is 9.96. The third kappa shape index (κ3) is 5.48. The molecule has 0 saturated carbocycles. The van der Waals surface area contributed by atoms with E-state index in [1.54, 1.807) is 25.1 Å². The second-order valence-corrected chi connectivity index (χ2v) is 8.50. The first-order valence-corrected chi connectivity index (χ1v) is 11.1. The molecule has 1 aliphatic heterocycles. The van der Waals surface area contributed by atoms with Gasteiger partial charge < -0.3 is 10.2 Å². The van der Waals surface area contributed by atoms with E-state index in [4.69, 9.17) is 0 Å². The number of benzene rings is 3. The van der Waals surface area contributed by atoms with Gasteiger partial charge in [0.2, 0.25) is 0 Å². The highest BCUT2D eigenvalue weighted by molar-refractivity contribution is 6.07. The van der Waals surface area contributed by atoms with Gasteiger partial charge >= 0.3 is 12.2 Å². The van der Waals surface area contributed by atoms with E-state index in [1.807, 2.05) is 0 Å². The molecule has 0 spiro atoms. The third-order valence-corrected chi connectivity index (χ3v) is 5.83. The van der Waals surface area contributed by atoms with E-state index >= 15 is 0 Å². The number of nitrogens with zero attached hydrogens (tertiary/aromatic N) is 2. The van der Waals surface area contributed by atoms with Crippen LogP contribution in [0.25, 0.3) is 0 Å². The summed E-state index contributed by atoms with van der Waals surface area (Å²) in [5.41, 5.74) is 0.863. The zero-order valence-electron chi connectivity index (χ0n) is 19.2. The number of alkyl halides is 3. The number of hydrogen-bond donors (Lipinski definition) is 1. The lowest BCUT2D eigenvalue weighted by Gasteiger charge is -2.36. The first-order valence-electron chi connectivity index (χ1n) is 11.1. The van der Waals surface area contributed by atoms with Crippen molar-refractivity contribution >= 4 is 23.3 Å². The number of nitrogens with one attached hydrogen (secondary N) is 1. The van der Waals surface area contributed by atoms with Crippen molar-refractivity contribution in [2.45, 2.75) is 26.1 Å². The fraction of sp³-hybridized carbons (Fsp3) is 0.231. The van der Waals surface area contributed by atoms with Gasteiger partial charge in [0.05, 0.1) is 22.5 Å². The highest BCUT2D eigenvalue weighted by atomic mass is 19.4. The van der Waals surface area contributed by atoms with Crippen molar-refractivity contribution in [3.8, 4) is 0 Å². The number of rotatable bonds is 5. The summed E-state index contributed by atoms with van der Waals surface area (Å²) in [7, 11) is 0. The summed E-state index contributed by atoms with van der Waals surface area (Å²) >= 11 is 0. The Morgan fingerprint density at radius 3 is 2.36 bits per heavy atom. The van der Waals surface area contributed by atoms with Crippen LogP contribution in [0.5, 0.6) is 0 Å². The number of aryl methyl sites for hydroxylation is 1. The molecule has 3 aromatic rings. The SMILES string of the molecule is Cc1ccc(N2CCCN(Cc3ccc(C(F)(F)F)cc3)C2=O)c(NC(=O)c2ccc(F)cc2F)c1. The van der Waals surface area contributed by atoms with Crippen LogP contribution >= 0.6 is 0 Å². The van der Waals surface area contributed by atoms with Crippen LogP contribution in [0.3, 0.4) is 0 Å². The summed E-state index contributed by atoms with van der Waals surface area (Å²) < 4.78 is 65.9. The number of carbonyl (C=O) groups is 2. The van der Waals surface area contributed by atoms with Gasteiger partial charge in [-0.25, -0.2) is 13.6 Å². The fourth-order valence-corrected chi connectivity index (χ4v) is 4.02. The molecule has 3 aromatic carbocycles. The minimum Gasteiger partial charge on any atom is -0.320 e. The van der Waals surface area contributed by atoms with Crippen LogP contribution < -0.4 is 10.2 Å². The maximum atomic E-state index is 14.1. The number of anilines is 2. The predicted octanol–water partition coefficient (Wildman–Crippen LogP) is 6.38. The molecule has 0 radical (unpaired) electrons. The van der Waals surface area contributed by atoms with Crippen molar-refractivity contribution in [2.75, 3.05) is 23.3 Å². The van der Waals surface area contributed by atoms with Gasteiger partial charge in [-0.2, -0.15) is 13.2 Å². The van der Waals surface area contributed by atoms with E-state index in [1.165, 1.54) is 21.9 Å². The largest absolute Gasteiger partial charge is 0.416 e. The second-order valence-electron chi connectivity index (χ2n) is 8.50. The Morgan fingerprint density at radius 1 is 0.972 bits per heavy atom. The standard InChI is InChI=1S/C26H22F5N3O2/c1-16-3-10-23(22(13-16)32-24(35)20-9-8-19(27)14-21(20)28)34-12-2-11-33(25(34)36)15-17-4-6-18(7-5-17)26(29,30)31/h3-10,13-14H,2,11-12,15H2,1H3,(H,32,35). The van der Waals surface area contributed by atoms with Crippen LogP contribution in [0, 0.1) is 18.6 Å². The van der Waals surface area contributed by atoms with Gasteiger partial charge in [-0.3, -0.25) is 9.69 Å². The Morgan fingerprint density at radius 2 is 1.69 bits per heavy atom. The molecule has 4 rings (SSSR count). The van der Waals surface area contributed by atoms with Crippen LogP contribution in [0.1, 0.15) is 33.5 Å². The van der Waals surface area contributed by atoms with Crippen molar-refractivity contribution in [2.24, 2.45) is 0 Å². The lowest BCUT2D eigenvalue weighted by Crippen LogP contribution is -2.49. The normalized spacial score (nSPS) is 14.2. The van der Waals surface area contributed by atoms with Gasteiger partial charge in [0.25, 0.3) is 5.91 Å². The van der Waals surface area contributed by atoms with Gasteiger partial charge in [-0.1, -0.05) is 18.2 Å². The Bertz CT molecular complexity index is 1290. The number of urea groups is 1. The summed E-state index contributed by atoms with van der Waals surface area (Å²) in [6.45, 7) is 2.65. The summed E-state index contributed by atoms with van der Waals surface area (Å²) in [5.74, 6) is -2.63. The van der Waals surface area contributed by atoms with Gasteiger partial charge in [0.15, 0.2) is 0 Å². The molecule has 1 fully saturated rings. The molecule has 1 aliphatic rings. The molecule has 0 aromatic heterocycles. The number of halogens is 5. The quantitative estimate of drug-likeness (QED) is 0.411. The van der Waals surface area contributed by atoms with Crippen LogP contribution in [0.4, 0.5) is 38.1 Å². The van der Waals surface area contributed by atoms with E-state index in [9.17, 15) is 31.5 Å². The third-order valence-electron chi connectivity index (χ3n) is 5.83. The van der Waals surface area contributed by atoms with E-state index in [0.29, 0.717) is 36.8 Å². The molecule has 36 heavy (non-hydrogen) atoms. The van der Waals surface area contributed by atoms with Crippen molar-refractivity contribution in [3.63, 3.8) is 0 Å². The highest BCUT2D eigenvalue weighted by Crippen LogP contribution is 2.32. The molecule has 0 aliphatic carbocycles. The topological polar surface area (TPSA) is 52.6 Å². The maximum absolute atomic E-state index is 14.1. The first kappa shape index (κ1) is 25.2. The van der Waals surface area contributed by atoms with Crippen molar-refractivity contribution in [1.82, 2.24) is 4.90 Å². The van der Waals surface area contributed by atoms with E-state index < -0.39 is 29.3 Å². The van der Waals surface area contributed by atoms with Crippen molar-refractivity contribution in [3.05, 3.63) is 94.6 Å². The van der Waals surface area contributed by atoms with Gasteiger partial charge in [-0.05, 0) is 60.9 Å². The zero-order valence-corrected chi connectivity index (χ0v) is 19.2. The Hall–Kier alpha value is -3.95. The van der Waals surface area contributed by atoms with E-state index in [-0.39, 0.29) is 23.8 Å².